The number of hydrogen-bond acceptors (Lipinski definition) is 7. The highest BCUT2D eigenvalue weighted by Gasteiger charge is 2.21. The zero-order chi connectivity index (χ0) is 22.8. The maximum absolute atomic E-state index is 12.5. The number of thiazole rings is 1. The van der Waals surface area contributed by atoms with E-state index in [2.05, 4.69) is 16.4 Å². The Morgan fingerprint density at radius 3 is 2.67 bits per heavy atom. The van der Waals surface area contributed by atoms with Gasteiger partial charge in [0.2, 0.25) is 6.79 Å². The first-order valence-electron chi connectivity index (χ1n) is 10.4. The van der Waals surface area contributed by atoms with Gasteiger partial charge in [0.05, 0.1) is 20.8 Å². The second-order valence-corrected chi connectivity index (χ2v) is 8.67. The zero-order valence-corrected chi connectivity index (χ0v) is 18.6. The lowest BCUT2D eigenvalue weighted by Gasteiger charge is -2.14. The number of carbonyl (C=O) groups excluding carboxylic acids is 2. The van der Waals surface area contributed by atoms with Crippen LogP contribution in [-0.2, 0) is 16.0 Å². The highest BCUT2D eigenvalue weighted by molar-refractivity contribution is 7.18. The lowest BCUT2D eigenvalue weighted by Crippen LogP contribution is -2.30. The van der Waals surface area contributed by atoms with Gasteiger partial charge in [-0.05, 0) is 55.0 Å². The predicted molar refractivity (Wildman–Crippen MR) is 125 cm³/mol. The fourth-order valence-corrected chi connectivity index (χ4v) is 4.43. The molecule has 1 aromatic heterocycles. The van der Waals surface area contributed by atoms with Crippen LogP contribution >= 0.6 is 11.3 Å². The van der Waals surface area contributed by atoms with Gasteiger partial charge >= 0.3 is 5.97 Å². The molecule has 0 saturated heterocycles. The minimum absolute atomic E-state index is 0.117. The molecule has 0 fully saturated rings. The van der Waals surface area contributed by atoms with Crippen LogP contribution in [0, 0.1) is 0 Å². The highest BCUT2D eigenvalue weighted by atomic mass is 32.1. The van der Waals surface area contributed by atoms with Crippen molar-refractivity contribution in [3.05, 3.63) is 82.9 Å². The van der Waals surface area contributed by atoms with Gasteiger partial charge in [-0.2, -0.15) is 0 Å². The number of fused-ring (bicyclic) bond motifs is 2. The van der Waals surface area contributed by atoms with Crippen molar-refractivity contribution in [2.24, 2.45) is 0 Å². The highest BCUT2D eigenvalue weighted by Crippen LogP contribution is 2.32. The first kappa shape index (κ1) is 21.0. The molecule has 5 rings (SSSR count). The summed E-state index contributed by atoms with van der Waals surface area (Å²) >= 11 is 1.68. The van der Waals surface area contributed by atoms with Crippen molar-refractivity contribution in [1.82, 2.24) is 4.98 Å². The quantitative estimate of drug-likeness (QED) is 0.416. The molecule has 1 N–H and O–H groups in total. The summed E-state index contributed by atoms with van der Waals surface area (Å²) in [6, 6.07) is 20.4. The third-order valence-electron chi connectivity index (χ3n) is 5.18. The van der Waals surface area contributed by atoms with Crippen molar-refractivity contribution in [2.45, 2.75) is 19.4 Å². The normalized spacial score (nSPS) is 13.0. The number of amides is 1. The second kappa shape index (κ2) is 8.91. The average molecular weight is 461 g/mol. The van der Waals surface area contributed by atoms with Crippen LogP contribution in [-0.4, -0.2) is 29.8 Å². The molecule has 1 atom stereocenters. The van der Waals surface area contributed by atoms with Gasteiger partial charge in [-0.3, -0.25) is 4.79 Å². The summed E-state index contributed by atoms with van der Waals surface area (Å²) in [4.78, 5) is 29.6. The summed E-state index contributed by atoms with van der Waals surface area (Å²) < 4.78 is 17.0. The SMILES string of the molecule is CC(OC(=O)c1ccc2c(c1)OCO2)C(=O)Nc1ccc(Cc2nc3ccccc3s2)cc1. The van der Waals surface area contributed by atoms with Crippen molar-refractivity contribution in [2.75, 3.05) is 12.1 Å². The molecule has 2 heterocycles. The van der Waals surface area contributed by atoms with Crippen LogP contribution in [0.25, 0.3) is 10.2 Å². The number of hydrogen-bond donors (Lipinski definition) is 1. The fraction of sp³-hybridized carbons (Fsp3) is 0.160. The largest absolute Gasteiger partial charge is 0.454 e. The summed E-state index contributed by atoms with van der Waals surface area (Å²) in [5.74, 6) is 0.0292. The molecular weight excluding hydrogens is 440 g/mol. The smallest absolute Gasteiger partial charge is 0.339 e. The van der Waals surface area contributed by atoms with E-state index in [4.69, 9.17) is 14.2 Å². The molecule has 0 bridgehead atoms. The van der Waals surface area contributed by atoms with Gasteiger partial charge in [0.25, 0.3) is 5.91 Å². The van der Waals surface area contributed by atoms with Crippen LogP contribution in [0.15, 0.2) is 66.7 Å². The molecule has 8 heteroatoms. The minimum atomic E-state index is -0.967. The molecule has 1 aliphatic heterocycles. The van der Waals surface area contributed by atoms with Crippen LogP contribution in [0.2, 0.25) is 0 Å². The van der Waals surface area contributed by atoms with E-state index in [0.29, 0.717) is 17.2 Å². The Labute approximate surface area is 193 Å². The number of ether oxygens (including phenoxy) is 3. The van der Waals surface area contributed by atoms with Crippen LogP contribution in [0.3, 0.4) is 0 Å². The van der Waals surface area contributed by atoms with Gasteiger partial charge < -0.3 is 19.5 Å². The Balaban J connectivity index is 1.17. The molecule has 0 spiro atoms. The van der Waals surface area contributed by atoms with Gasteiger partial charge in [-0.15, -0.1) is 11.3 Å². The van der Waals surface area contributed by atoms with E-state index < -0.39 is 18.0 Å². The molecule has 1 amide bonds. The monoisotopic (exact) mass is 460 g/mol. The number of nitrogens with zero attached hydrogens (tertiary/aromatic N) is 1. The number of rotatable bonds is 6. The van der Waals surface area contributed by atoms with Crippen LogP contribution in [0.4, 0.5) is 5.69 Å². The van der Waals surface area contributed by atoms with E-state index in [-0.39, 0.29) is 12.4 Å². The van der Waals surface area contributed by atoms with Crippen LogP contribution in [0.1, 0.15) is 27.9 Å². The van der Waals surface area contributed by atoms with Crippen molar-refractivity contribution in [3.8, 4) is 11.5 Å². The number of para-hydroxylation sites is 1. The number of nitrogens with one attached hydrogen (secondary N) is 1. The molecule has 7 nitrogen and oxygen atoms in total. The van der Waals surface area contributed by atoms with Crippen LogP contribution < -0.4 is 14.8 Å². The van der Waals surface area contributed by atoms with E-state index >= 15 is 0 Å². The van der Waals surface area contributed by atoms with E-state index in [0.717, 1.165) is 22.5 Å². The first-order chi connectivity index (χ1) is 16.0. The number of benzene rings is 3. The molecular formula is C25H20N2O5S. The number of aromatic nitrogens is 1. The summed E-state index contributed by atoms with van der Waals surface area (Å²) in [5.41, 5.74) is 3.01. The number of esters is 1. The summed E-state index contributed by atoms with van der Waals surface area (Å²) in [7, 11) is 0. The summed E-state index contributed by atoms with van der Waals surface area (Å²) in [6.07, 6.45) is -0.248. The molecule has 33 heavy (non-hydrogen) atoms. The molecule has 4 aromatic rings. The standard InChI is InChI=1S/C25H20N2O5S/c1-15(32-25(29)17-8-11-20-21(13-17)31-14-30-20)24(28)26-18-9-6-16(7-10-18)12-23-27-19-4-2-3-5-22(19)33-23/h2-11,13,15H,12,14H2,1H3,(H,26,28). The Hall–Kier alpha value is -3.91. The second-order valence-electron chi connectivity index (χ2n) is 7.55. The Bertz CT molecular complexity index is 1300. The molecule has 0 aliphatic carbocycles. The lowest BCUT2D eigenvalue weighted by atomic mass is 10.1. The van der Waals surface area contributed by atoms with E-state index in [9.17, 15) is 9.59 Å². The molecule has 3 aromatic carbocycles. The van der Waals surface area contributed by atoms with E-state index in [1.54, 1.807) is 29.5 Å². The average Bonchev–Trinajstić information content (AvgIpc) is 3.45. The van der Waals surface area contributed by atoms with E-state index in [1.165, 1.54) is 11.6 Å². The Morgan fingerprint density at radius 2 is 1.85 bits per heavy atom. The van der Waals surface area contributed by atoms with Crippen molar-refractivity contribution >= 4 is 39.1 Å². The molecule has 166 valence electrons. The van der Waals surface area contributed by atoms with Crippen molar-refractivity contribution in [3.63, 3.8) is 0 Å². The Kier molecular flexibility index (Phi) is 5.66. The molecule has 0 saturated carbocycles. The fourth-order valence-electron chi connectivity index (χ4n) is 3.43. The lowest BCUT2D eigenvalue weighted by molar-refractivity contribution is -0.123. The number of carbonyl (C=O) groups is 2. The topological polar surface area (TPSA) is 86.8 Å². The first-order valence-corrected chi connectivity index (χ1v) is 11.2. The van der Waals surface area contributed by atoms with Crippen molar-refractivity contribution in [1.29, 1.82) is 0 Å². The van der Waals surface area contributed by atoms with E-state index in [1.807, 2.05) is 42.5 Å². The maximum atomic E-state index is 12.5. The third kappa shape index (κ3) is 4.65. The molecule has 0 radical (unpaired) electrons. The minimum Gasteiger partial charge on any atom is -0.454 e. The summed E-state index contributed by atoms with van der Waals surface area (Å²) in [6.45, 7) is 1.65. The van der Waals surface area contributed by atoms with Gasteiger partial charge in [0.15, 0.2) is 17.6 Å². The summed E-state index contributed by atoms with van der Waals surface area (Å²) in [5, 5.41) is 3.82. The van der Waals surface area contributed by atoms with Gasteiger partial charge in [0, 0.05) is 12.1 Å². The van der Waals surface area contributed by atoms with Gasteiger partial charge in [-0.25, -0.2) is 9.78 Å². The zero-order valence-electron chi connectivity index (χ0n) is 17.7. The predicted octanol–water partition coefficient (Wildman–Crippen LogP) is 4.80. The van der Waals surface area contributed by atoms with Crippen LogP contribution in [0.5, 0.6) is 11.5 Å². The maximum Gasteiger partial charge on any atom is 0.339 e. The van der Waals surface area contributed by atoms with Gasteiger partial charge in [-0.1, -0.05) is 24.3 Å². The van der Waals surface area contributed by atoms with Crippen molar-refractivity contribution < 1.29 is 23.8 Å². The number of anilines is 1. The molecule has 1 aliphatic rings. The molecule has 1 unspecified atom stereocenters. The third-order valence-corrected chi connectivity index (χ3v) is 6.21. The Morgan fingerprint density at radius 1 is 1.06 bits per heavy atom. The van der Waals surface area contributed by atoms with Gasteiger partial charge in [0.1, 0.15) is 0 Å².